The Morgan fingerprint density at radius 1 is 1.15 bits per heavy atom. The zero-order valence-corrected chi connectivity index (χ0v) is 14.4. The molecular weight excluding hydrogens is 381 g/mol. The summed E-state index contributed by atoms with van der Waals surface area (Å²) in [6.45, 7) is -0.0178. The van der Waals surface area contributed by atoms with Gasteiger partial charge in [-0.15, -0.1) is 0 Å². The van der Waals surface area contributed by atoms with Crippen molar-refractivity contribution in [3.8, 4) is 0 Å². The summed E-state index contributed by atoms with van der Waals surface area (Å²) >= 11 is 0. The van der Waals surface area contributed by atoms with Gasteiger partial charge >= 0.3 is 15.6 Å². The Bertz CT molecular complexity index is 710. The standard InChI is InChI=1S/C15H17F3O7S/c1-21-12-7-10(25-26(19,20)15(16,17)18)13-11(23-12)8-22-14(24-13)9-5-3-2-4-6-9/h2-6,10-14H,7-8H2,1H3/t10-,11-,12+,13-,14?/m1/s1. The van der Waals surface area contributed by atoms with E-state index >= 15 is 0 Å². The second-order valence-electron chi connectivity index (χ2n) is 5.79. The summed E-state index contributed by atoms with van der Waals surface area (Å²) in [7, 11) is -4.50. The quantitative estimate of drug-likeness (QED) is 0.568. The molecule has 7 nitrogen and oxygen atoms in total. The van der Waals surface area contributed by atoms with Crippen LogP contribution in [0.4, 0.5) is 13.2 Å². The monoisotopic (exact) mass is 398 g/mol. The normalized spacial score (nSPS) is 32.8. The van der Waals surface area contributed by atoms with Crippen LogP contribution in [0.3, 0.4) is 0 Å². The van der Waals surface area contributed by atoms with Crippen molar-refractivity contribution in [2.24, 2.45) is 0 Å². The van der Waals surface area contributed by atoms with Crippen LogP contribution in [0.1, 0.15) is 18.3 Å². The van der Waals surface area contributed by atoms with Crippen LogP contribution in [0.5, 0.6) is 0 Å². The SMILES string of the molecule is CO[C@@H]1C[C@@H](OS(=O)(=O)C(F)(F)F)[C@H]2OC(c3ccccc3)OC[C@H]2O1. The average Bonchev–Trinajstić information content (AvgIpc) is 2.60. The largest absolute Gasteiger partial charge is 0.523 e. The number of ether oxygens (including phenoxy) is 4. The molecule has 11 heteroatoms. The zero-order valence-electron chi connectivity index (χ0n) is 13.6. The first-order valence-corrected chi connectivity index (χ1v) is 9.12. The van der Waals surface area contributed by atoms with Gasteiger partial charge in [0, 0.05) is 19.1 Å². The van der Waals surface area contributed by atoms with Gasteiger partial charge in [0.25, 0.3) is 0 Å². The fourth-order valence-corrected chi connectivity index (χ4v) is 3.44. The molecule has 0 saturated carbocycles. The molecule has 146 valence electrons. The van der Waals surface area contributed by atoms with Crippen molar-refractivity contribution in [2.75, 3.05) is 13.7 Å². The Balaban J connectivity index is 1.81. The topological polar surface area (TPSA) is 80.3 Å². The fraction of sp³-hybridized carbons (Fsp3) is 0.600. The van der Waals surface area contributed by atoms with Crippen LogP contribution >= 0.6 is 0 Å². The Hall–Kier alpha value is -1.24. The molecule has 0 aromatic heterocycles. The van der Waals surface area contributed by atoms with Crippen LogP contribution in [-0.2, 0) is 33.2 Å². The third-order valence-electron chi connectivity index (χ3n) is 4.05. The van der Waals surface area contributed by atoms with Crippen molar-refractivity contribution in [1.82, 2.24) is 0 Å². The minimum absolute atomic E-state index is 0.0178. The number of rotatable bonds is 4. The van der Waals surface area contributed by atoms with Gasteiger partial charge in [0.1, 0.15) is 18.3 Å². The molecule has 1 aromatic rings. The minimum Gasteiger partial charge on any atom is -0.356 e. The highest BCUT2D eigenvalue weighted by Crippen LogP contribution is 2.37. The van der Waals surface area contributed by atoms with Crippen molar-refractivity contribution in [3.05, 3.63) is 35.9 Å². The second kappa shape index (κ2) is 7.41. The molecule has 2 heterocycles. The number of hydrogen-bond donors (Lipinski definition) is 0. The van der Waals surface area contributed by atoms with Gasteiger partial charge in [0.15, 0.2) is 12.6 Å². The van der Waals surface area contributed by atoms with E-state index in [1.807, 2.05) is 0 Å². The average molecular weight is 398 g/mol. The molecule has 1 unspecified atom stereocenters. The van der Waals surface area contributed by atoms with Crippen LogP contribution in [0, 0.1) is 0 Å². The maximum atomic E-state index is 12.7. The molecule has 26 heavy (non-hydrogen) atoms. The van der Waals surface area contributed by atoms with Crippen LogP contribution < -0.4 is 0 Å². The Morgan fingerprint density at radius 2 is 1.85 bits per heavy atom. The predicted octanol–water partition coefficient (Wildman–Crippen LogP) is 2.10. The highest BCUT2D eigenvalue weighted by molar-refractivity contribution is 7.87. The van der Waals surface area contributed by atoms with Crippen LogP contribution in [0.25, 0.3) is 0 Å². The first kappa shape index (κ1) is 19.5. The van der Waals surface area contributed by atoms with E-state index in [2.05, 4.69) is 4.18 Å². The summed E-state index contributed by atoms with van der Waals surface area (Å²) in [5.74, 6) is 0. The Kier molecular flexibility index (Phi) is 5.56. The third-order valence-corrected chi connectivity index (χ3v) is 5.11. The molecule has 0 spiro atoms. The van der Waals surface area contributed by atoms with Gasteiger partial charge in [-0.1, -0.05) is 30.3 Å². The number of halogens is 3. The van der Waals surface area contributed by atoms with Gasteiger partial charge in [0.05, 0.1) is 6.61 Å². The molecule has 0 aliphatic carbocycles. The van der Waals surface area contributed by atoms with Crippen LogP contribution in [0.15, 0.2) is 30.3 Å². The molecule has 1 aromatic carbocycles. The van der Waals surface area contributed by atoms with E-state index in [0.29, 0.717) is 5.56 Å². The van der Waals surface area contributed by atoms with Gasteiger partial charge in [-0.3, -0.25) is 4.18 Å². The third kappa shape index (κ3) is 4.02. The lowest BCUT2D eigenvalue weighted by Gasteiger charge is -2.44. The first-order chi connectivity index (χ1) is 12.2. The van der Waals surface area contributed by atoms with E-state index in [4.69, 9.17) is 18.9 Å². The fourth-order valence-electron chi connectivity index (χ4n) is 2.81. The first-order valence-electron chi connectivity index (χ1n) is 7.71. The van der Waals surface area contributed by atoms with Crippen molar-refractivity contribution >= 4 is 10.1 Å². The van der Waals surface area contributed by atoms with Crippen molar-refractivity contribution < 1.29 is 44.7 Å². The van der Waals surface area contributed by atoms with Crippen LogP contribution in [0.2, 0.25) is 0 Å². The number of hydrogen-bond acceptors (Lipinski definition) is 7. The van der Waals surface area contributed by atoms with Gasteiger partial charge in [-0.05, 0) is 0 Å². The highest BCUT2D eigenvalue weighted by atomic mass is 32.2. The molecule has 0 radical (unpaired) electrons. The van der Waals surface area contributed by atoms with E-state index in [9.17, 15) is 21.6 Å². The van der Waals surface area contributed by atoms with Crippen molar-refractivity contribution in [3.63, 3.8) is 0 Å². The van der Waals surface area contributed by atoms with Gasteiger partial charge < -0.3 is 18.9 Å². The number of fused-ring (bicyclic) bond motifs is 1. The number of alkyl halides is 3. The zero-order chi connectivity index (χ0) is 18.9. The maximum absolute atomic E-state index is 12.7. The summed E-state index contributed by atoms with van der Waals surface area (Å²) in [5, 5.41) is 0. The molecule has 0 bridgehead atoms. The van der Waals surface area contributed by atoms with Crippen molar-refractivity contribution in [1.29, 1.82) is 0 Å². The lowest BCUT2D eigenvalue weighted by Crippen LogP contribution is -2.56. The lowest BCUT2D eigenvalue weighted by molar-refractivity contribution is -0.331. The molecule has 5 atom stereocenters. The summed E-state index contributed by atoms with van der Waals surface area (Å²) < 4.78 is 87.1. The number of methoxy groups -OCH3 is 1. The molecule has 0 amide bonds. The van der Waals surface area contributed by atoms with Gasteiger partial charge in [-0.2, -0.15) is 21.6 Å². The molecule has 2 fully saturated rings. The smallest absolute Gasteiger partial charge is 0.356 e. The molecule has 2 saturated heterocycles. The summed E-state index contributed by atoms with van der Waals surface area (Å²) in [6.07, 6.45) is -5.39. The van der Waals surface area contributed by atoms with Crippen LogP contribution in [-0.4, -0.2) is 52.2 Å². The van der Waals surface area contributed by atoms with E-state index in [-0.39, 0.29) is 13.0 Å². The molecule has 0 N–H and O–H groups in total. The Labute approximate surface area is 148 Å². The summed E-state index contributed by atoms with van der Waals surface area (Å²) in [4.78, 5) is 0. The van der Waals surface area contributed by atoms with Crippen molar-refractivity contribution in [2.45, 2.75) is 42.8 Å². The van der Waals surface area contributed by atoms with E-state index in [0.717, 1.165) is 0 Å². The number of benzene rings is 1. The molecule has 2 aliphatic rings. The summed E-state index contributed by atoms with van der Waals surface area (Å²) in [5.41, 5.74) is -4.90. The second-order valence-corrected chi connectivity index (χ2v) is 7.35. The molecule has 2 aliphatic heterocycles. The molecule has 3 rings (SSSR count). The molecular formula is C15H17F3O7S. The highest BCUT2D eigenvalue weighted by Gasteiger charge is 2.53. The lowest BCUT2D eigenvalue weighted by atomic mass is 10.0. The Morgan fingerprint density at radius 3 is 2.46 bits per heavy atom. The van der Waals surface area contributed by atoms with E-state index in [1.54, 1.807) is 30.3 Å². The predicted molar refractivity (Wildman–Crippen MR) is 80.1 cm³/mol. The summed E-state index contributed by atoms with van der Waals surface area (Å²) in [6, 6.07) is 8.71. The van der Waals surface area contributed by atoms with E-state index in [1.165, 1.54) is 7.11 Å². The maximum Gasteiger partial charge on any atom is 0.523 e. The van der Waals surface area contributed by atoms with Gasteiger partial charge in [0.2, 0.25) is 0 Å². The van der Waals surface area contributed by atoms with Gasteiger partial charge in [-0.25, -0.2) is 0 Å². The minimum atomic E-state index is -5.79. The van der Waals surface area contributed by atoms with E-state index < -0.39 is 46.5 Å².